The summed E-state index contributed by atoms with van der Waals surface area (Å²) in [7, 11) is 0. The number of hydrogen-bond donors (Lipinski definition) is 0. The third-order valence-corrected chi connectivity index (χ3v) is 4.18. The summed E-state index contributed by atoms with van der Waals surface area (Å²) in [6.07, 6.45) is 5.58. The van der Waals surface area contributed by atoms with Crippen molar-refractivity contribution in [2.24, 2.45) is 0 Å². The molecule has 0 aliphatic carbocycles. The summed E-state index contributed by atoms with van der Waals surface area (Å²) in [6, 6.07) is 8.50. The third-order valence-electron chi connectivity index (χ3n) is 4.18. The van der Waals surface area contributed by atoms with Gasteiger partial charge in [0.25, 0.3) is 11.6 Å². The van der Waals surface area contributed by atoms with Crippen molar-refractivity contribution < 1.29 is 19.1 Å². The number of nitro groups is 2. The zero-order valence-electron chi connectivity index (χ0n) is 13.9. The Bertz CT molecular complexity index is 934. The van der Waals surface area contributed by atoms with Crippen LogP contribution >= 0.6 is 0 Å². The molecule has 0 N–H and O–H groups in total. The minimum Gasteiger partial charge on any atom is -0.472 e. The summed E-state index contributed by atoms with van der Waals surface area (Å²) in [5, 5.41) is 26.1. The second kappa shape index (κ2) is 7.60. The number of aromatic nitrogens is 2. The average molecular weight is 370 g/mol. The SMILES string of the molecule is O=C([C@@H](c1ccc([N+](=O)[O-])cc1)[C@H](C[N+](=O)[O-])c1ccoc1)n1cccn1. The van der Waals surface area contributed by atoms with Gasteiger partial charge in [-0.3, -0.25) is 25.0 Å². The highest BCUT2D eigenvalue weighted by Gasteiger charge is 2.36. The van der Waals surface area contributed by atoms with E-state index in [0.29, 0.717) is 11.1 Å². The quantitative estimate of drug-likeness (QED) is 0.461. The van der Waals surface area contributed by atoms with Gasteiger partial charge in [-0.25, -0.2) is 4.68 Å². The minimum absolute atomic E-state index is 0.141. The van der Waals surface area contributed by atoms with Crippen LogP contribution in [-0.4, -0.2) is 32.1 Å². The summed E-state index contributed by atoms with van der Waals surface area (Å²) in [6.45, 7) is -0.520. The molecule has 10 heteroatoms. The van der Waals surface area contributed by atoms with Crippen LogP contribution in [0.15, 0.2) is 65.7 Å². The summed E-state index contributed by atoms with van der Waals surface area (Å²) in [5.41, 5.74) is 0.753. The molecular weight excluding hydrogens is 356 g/mol. The number of hydrogen-bond acceptors (Lipinski definition) is 7. The van der Waals surface area contributed by atoms with E-state index in [1.165, 1.54) is 49.2 Å². The van der Waals surface area contributed by atoms with E-state index in [9.17, 15) is 25.0 Å². The number of nitro benzene ring substituents is 1. The highest BCUT2D eigenvalue weighted by molar-refractivity contribution is 5.86. The molecule has 0 unspecified atom stereocenters. The van der Waals surface area contributed by atoms with Crippen molar-refractivity contribution in [1.29, 1.82) is 0 Å². The molecule has 0 radical (unpaired) electrons. The van der Waals surface area contributed by atoms with Gasteiger partial charge in [0.1, 0.15) is 0 Å². The predicted molar refractivity (Wildman–Crippen MR) is 92.0 cm³/mol. The van der Waals surface area contributed by atoms with Crippen molar-refractivity contribution in [2.75, 3.05) is 6.54 Å². The monoisotopic (exact) mass is 370 g/mol. The second-order valence-corrected chi connectivity index (χ2v) is 5.79. The van der Waals surface area contributed by atoms with Crippen molar-refractivity contribution >= 4 is 11.6 Å². The molecule has 2 aromatic heterocycles. The fraction of sp³-hybridized carbons (Fsp3) is 0.176. The fourth-order valence-electron chi connectivity index (χ4n) is 2.94. The van der Waals surface area contributed by atoms with Gasteiger partial charge in [-0.2, -0.15) is 5.10 Å². The normalized spacial score (nSPS) is 13.0. The van der Waals surface area contributed by atoms with E-state index in [4.69, 9.17) is 4.42 Å². The molecule has 0 saturated carbocycles. The maximum atomic E-state index is 13.1. The van der Waals surface area contributed by atoms with Gasteiger partial charge in [-0.15, -0.1) is 0 Å². The van der Waals surface area contributed by atoms with Crippen LogP contribution < -0.4 is 0 Å². The molecule has 0 aliphatic heterocycles. The van der Waals surface area contributed by atoms with Crippen molar-refractivity contribution in [3.63, 3.8) is 0 Å². The summed E-state index contributed by atoms with van der Waals surface area (Å²) in [5.74, 6) is -2.30. The van der Waals surface area contributed by atoms with Gasteiger partial charge in [-0.05, 0) is 17.7 Å². The van der Waals surface area contributed by atoms with Crippen molar-refractivity contribution in [3.05, 3.63) is 92.7 Å². The lowest BCUT2D eigenvalue weighted by Crippen LogP contribution is -2.29. The number of furan rings is 1. The van der Waals surface area contributed by atoms with Crippen LogP contribution in [0.3, 0.4) is 0 Å². The van der Waals surface area contributed by atoms with Gasteiger partial charge in [0.05, 0.1) is 29.3 Å². The number of carbonyl (C=O) groups excluding carboxylic acids is 1. The topological polar surface area (TPSA) is 134 Å². The maximum absolute atomic E-state index is 13.1. The smallest absolute Gasteiger partial charge is 0.269 e. The van der Waals surface area contributed by atoms with Crippen LogP contribution in [0.5, 0.6) is 0 Å². The van der Waals surface area contributed by atoms with E-state index in [-0.39, 0.29) is 5.69 Å². The lowest BCUT2D eigenvalue weighted by molar-refractivity contribution is -0.483. The molecular formula is C17H14N4O6. The number of nitrogens with zero attached hydrogens (tertiary/aromatic N) is 4. The summed E-state index contributed by atoms with van der Waals surface area (Å²) < 4.78 is 6.13. The third kappa shape index (κ3) is 3.89. The standard InChI is InChI=1S/C17H14N4O6/c22-17(19-8-1-7-18-19)16(12-2-4-14(5-3-12)21(25)26)15(10-20(23)24)13-6-9-27-11-13/h1-9,11,15-16H,10H2/t15-,16+/m1/s1. The molecule has 0 aliphatic rings. The van der Waals surface area contributed by atoms with Gasteiger partial charge >= 0.3 is 0 Å². The predicted octanol–water partition coefficient (Wildman–Crippen LogP) is 2.87. The van der Waals surface area contributed by atoms with Crippen molar-refractivity contribution in [1.82, 2.24) is 9.78 Å². The molecule has 138 valence electrons. The molecule has 3 rings (SSSR count). The summed E-state index contributed by atoms with van der Waals surface area (Å²) >= 11 is 0. The van der Waals surface area contributed by atoms with Crippen molar-refractivity contribution in [2.45, 2.75) is 11.8 Å². The Morgan fingerprint density at radius 2 is 1.89 bits per heavy atom. The Morgan fingerprint density at radius 1 is 1.15 bits per heavy atom. The lowest BCUT2D eigenvalue weighted by atomic mass is 9.81. The Morgan fingerprint density at radius 3 is 2.41 bits per heavy atom. The number of rotatable bonds is 7. The maximum Gasteiger partial charge on any atom is 0.269 e. The van der Waals surface area contributed by atoms with E-state index in [0.717, 1.165) is 4.68 Å². The first-order valence-corrected chi connectivity index (χ1v) is 7.89. The minimum atomic E-state index is -0.978. The van der Waals surface area contributed by atoms with Crippen LogP contribution in [0.4, 0.5) is 5.69 Å². The van der Waals surface area contributed by atoms with E-state index >= 15 is 0 Å². The molecule has 2 heterocycles. The lowest BCUT2D eigenvalue weighted by Gasteiger charge is -2.22. The van der Waals surface area contributed by atoms with Gasteiger partial charge in [0.2, 0.25) is 6.54 Å². The molecule has 0 saturated heterocycles. The molecule has 1 aromatic carbocycles. The van der Waals surface area contributed by atoms with Crippen LogP contribution in [0.25, 0.3) is 0 Å². The highest BCUT2D eigenvalue weighted by Crippen LogP contribution is 2.35. The first-order chi connectivity index (χ1) is 13.0. The van der Waals surface area contributed by atoms with Crippen LogP contribution in [0, 0.1) is 20.2 Å². The molecule has 3 aromatic rings. The summed E-state index contributed by atoms with van der Waals surface area (Å²) in [4.78, 5) is 34.1. The van der Waals surface area contributed by atoms with E-state index in [1.54, 1.807) is 12.1 Å². The molecule has 27 heavy (non-hydrogen) atoms. The Balaban J connectivity index is 2.09. The largest absolute Gasteiger partial charge is 0.472 e. The molecule has 0 fully saturated rings. The van der Waals surface area contributed by atoms with Crippen LogP contribution in [0.1, 0.15) is 27.8 Å². The van der Waals surface area contributed by atoms with Crippen LogP contribution in [-0.2, 0) is 0 Å². The van der Waals surface area contributed by atoms with Gasteiger partial charge in [0.15, 0.2) is 0 Å². The van der Waals surface area contributed by atoms with Crippen molar-refractivity contribution in [3.8, 4) is 0 Å². The zero-order chi connectivity index (χ0) is 19.4. The van der Waals surface area contributed by atoms with E-state index < -0.39 is 34.1 Å². The number of non-ortho nitro benzene ring substituents is 1. The van der Waals surface area contributed by atoms with Crippen LogP contribution in [0.2, 0.25) is 0 Å². The molecule has 0 spiro atoms. The Hall–Kier alpha value is -3.82. The molecule has 10 nitrogen and oxygen atoms in total. The molecule has 0 bridgehead atoms. The highest BCUT2D eigenvalue weighted by atomic mass is 16.6. The fourth-order valence-corrected chi connectivity index (χ4v) is 2.94. The Labute approximate surface area is 152 Å². The van der Waals surface area contributed by atoms with E-state index in [2.05, 4.69) is 5.10 Å². The molecule has 2 atom stereocenters. The first-order valence-electron chi connectivity index (χ1n) is 7.89. The van der Waals surface area contributed by atoms with Gasteiger partial charge in [0, 0.05) is 35.0 Å². The second-order valence-electron chi connectivity index (χ2n) is 5.79. The van der Waals surface area contributed by atoms with Gasteiger partial charge in [-0.1, -0.05) is 12.1 Å². The average Bonchev–Trinajstić information content (AvgIpc) is 3.35. The molecule has 0 amide bonds. The number of benzene rings is 1. The number of carbonyl (C=O) groups is 1. The zero-order valence-corrected chi connectivity index (χ0v) is 13.9. The Kier molecular flexibility index (Phi) is 5.06. The first kappa shape index (κ1) is 18.0. The van der Waals surface area contributed by atoms with E-state index in [1.807, 2.05) is 0 Å². The van der Waals surface area contributed by atoms with Gasteiger partial charge < -0.3 is 4.42 Å².